The minimum Gasteiger partial charge on any atom is -0.462 e. The van der Waals surface area contributed by atoms with E-state index >= 15 is 0 Å². The first-order valence-electron chi connectivity index (χ1n) is 35.1. The Balaban J connectivity index is 5.20. The van der Waals surface area contributed by atoms with Crippen molar-refractivity contribution in [1.82, 2.24) is 0 Å². The number of phosphoric acid groups is 2. The van der Waals surface area contributed by atoms with Crippen LogP contribution in [0.5, 0.6) is 0 Å². The smallest absolute Gasteiger partial charge is 0.462 e. The van der Waals surface area contributed by atoms with E-state index in [9.17, 15) is 43.2 Å². The fraction of sp³-hybridized carbons (Fsp3) is 0.940. The number of rotatable bonds is 67. The molecule has 3 N–H and O–H groups in total. The molecule has 86 heavy (non-hydrogen) atoms. The molecule has 0 aliphatic heterocycles. The van der Waals surface area contributed by atoms with E-state index in [4.69, 9.17) is 37.0 Å². The van der Waals surface area contributed by atoms with Crippen LogP contribution in [0.2, 0.25) is 0 Å². The molecule has 0 bridgehead atoms. The molecule has 510 valence electrons. The highest BCUT2D eigenvalue weighted by molar-refractivity contribution is 7.47. The summed E-state index contributed by atoms with van der Waals surface area (Å²) in [5.41, 5.74) is 0. The van der Waals surface area contributed by atoms with Gasteiger partial charge >= 0.3 is 39.5 Å². The van der Waals surface area contributed by atoms with Crippen molar-refractivity contribution in [3.63, 3.8) is 0 Å². The van der Waals surface area contributed by atoms with Gasteiger partial charge < -0.3 is 33.8 Å². The highest BCUT2D eigenvalue weighted by Gasteiger charge is 2.30. The average molecular weight is 1270 g/mol. The highest BCUT2D eigenvalue weighted by atomic mass is 31.2. The minimum absolute atomic E-state index is 0.106. The zero-order valence-corrected chi connectivity index (χ0v) is 57.2. The number of phosphoric ester groups is 2. The Morgan fingerprint density at radius 1 is 0.314 bits per heavy atom. The van der Waals surface area contributed by atoms with Gasteiger partial charge in [-0.15, -0.1) is 0 Å². The molecule has 0 aliphatic carbocycles. The molecule has 5 atom stereocenters. The van der Waals surface area contributed by atoms with Crippen LogP contribution in [0, 0.1) is 5.92 Å². The van der Waals surface area contributed by atoms with E-state index in [0.29, 0.717) is 31.6 Å². The van der Waals surface area contributed by atoms with E-state index in [1.54, 1.807) is 0 Å². The molecule has 0 fully saturated rings. The quantitative estimate of drug-likeness (QED) is 0.0222. The Labute approximate surface area is 524 Å². The lowest BCUT2D eigenvalue weighted by atomic mass is 10.0. The number of unbranched alkanes of at least 4 members (excludes halogenated alkanes) is 39. The number of aliphatic hydroxyl groups is 1. The summed E-state index contributed by atoms with van der Waals surface area (Å²) in [5.74, 6) is -1.42. The molecule has 19 heteroatoms. The van der Waals surface area contributed by atoms with Gasteiger partial charge in [-0.25, -0.2) is 9.13 Å². The standard InChI is InChI=1S/C67H130O17P2/c1-6-9-12-15-18-21-23-24-25-26-27-28-29-32-37-43-48-53-67(72)84-63(57-78-65(70)51-46-41-38-33-34-39-44-49-60(4)5)59-82-86(75,76)80-55-61(68)54-79-85(73,74)81-58-62(56-77-64(69)50-45-40-35-30-20-17-14-11-8-3)83-66(71)52-47-42-36-31-22-19-16-13-10-7-2/h60-63,68H,6-59H2,1-5H3,(H,73,74)(H,75,76)/t61-,62+,63+/m0/s1. The summed E-state index contributed by atoms with van der Waals surface area (Å²) >= 11 is 0. The lowest BCUT2D eigenvalue weighted by Crippen LogP contribution is -2.30. The minimum atomic E-state index is -4.95. The molecular weight excluding hydrogens is 1140 g/mol. The second-order valence-electron chi connectivity index (χ2n) is 24.7. The lowest BCUT2D eigenvalue weighted by Gasteiger charge is -2.21. The van der Waals surface area contributed by atoms with Gasteiger partial charge in [-0.1, -0.05) is 291 Å². The number of esters is 4. The normalized spacial score (nSPS) is 14.2. The van der Waals surface area contributed by atoms with Crippen molar-refractivity contribution >= 4 is 39.5 Å². The molecule has 0 amide bonds. The van der Waals surface area contributed by atoms with Crippen molar-refractivity contribution in [1.29, 1.82) is 0 Å². The molecule has 2 unspecified atom stereocenters. The fourth-order valence-corrected chi connectivity index (χ4v) is 11.7. The van der Waals surface area contributed by atoms with Crippen molar-refractivity contribution in [3.8, 4) is 0 Å². The first-order chi connectivity index (χ1) is 41.5. The Hall–Kier alpha value is -1.94. The molecular formula is C67H130O17P2. The summed E-state index contributed by atoms with van der Waals surface area (Å²) in [6.45, 7) is 7.15. The number of carbonyl (C=O) groups excluding carboxylic acids is 4. The molecule has 17 nitrogen and oxygen atoms in total. The van der Waals surface area contributed by atoms with Crippen molar-refractivity contribution in [2.45, 2.75) is 361 Å². The van der Waals surface area contributed by atoms with Gasteiger partial charge in [0, 0.05) is 25.7 Å². The van der Waals surface area contributed by atoms with Crippen LogP contribution in [-0.2, 0) is 65.4 Å². The zero-order valence-electron chi connectivity index (χ0n) is 55.4. The van der Waals surface area contributed by atoms with Gasteiger partial charge in [0.1, 0.15) is 19.3 Å². The van der Waals surface area contributed by atoms with Gasteiger partial charge in [-0.3, -0.25) is 37.3 Å². The van der Waals surface area contributed by atoms with Crippen LogP contribution in [0.25, 0.3) is 0 Å². The maximum Gasteiger partial charge on any atom is 0.472 e. The third-order valence-corrected chi connectivity index (χ3v) is 17.4. The van der Waals surface area contributed by atoms with E-state index in [1.807, 2.05) is 0 Å². The van der Waals surface area contributed by atoms with E-state index in [0.717, 1.165) is 96.3 Å². The van der Waals surface area contributed by atoms with Crippen molar-refractivity contribution < 1.29 is 80.2 Å². The summed E-state index contributed by atoms with van der Waals surface area (Å²) in [6.07, 6.45) is 45.9. The van der Waals surface area contributed by atoms with E-state index in [-0.39, 0.29) is 25.7 Å². The van der Waals surface area contributed by atoms with Gasteiger partial charge in [0.25, 0.3) is 0 Å². The molecule has 0 rings (SSSR count). The van der Waals surface area contributed by atoms with Gasteiger partial charge in [-0.2, -0.15) is 0 Å². The van der Waals surface area contributed by atoms with Crippen LogP contribution in [0.1, 0.15) is 343 Å². The van der Waals surface area contributed by atoms with Gasteiger partial charge in [-0.05, 0) is 31.6 Å². The second-order valence-corrected chi connectivity index (χ2v) is 27.6. The Morgan fingerprint density at radius 3 is 0.791 bits per heavy atom. The molecule has 0 saturated carbocycles. The van der Waals surface area contributed by atoms with Crippen molar-refractivity contribution in [2.24, 2.45) is 5.92 Å². The Kier molecular flexibility index (Phi) is 59.2. The van der Waals surface area contributed by atoms with E-state index < -0.39 is 97.5 Å². The van der Waals surface area contributed by atoms with Crippen LogP contribution in [0.3, 0.4) is 0 Å². The van der Waals surface area contributed by atoms with Crippen LogP contribution >= 0.6 is 15.6 Å². The van der Waals surface area contributed by atoms with Gasteiger partial charge in [0.05, 0.1) is 26.4 Å². The Morgan fingerprint density at radius 2 is 0.535 bits per heavy atom. The molecule has 0 aromatic carbocycles. The second kappa shape index (κ2) is 60.6. The molecule has 0 aromatic rings. The summed E-state index contributed by atoms with van der Waals surface area (Å²) in [6, 6.07) is 0. The number of ether oxygens (including phenoxy) is 4. The largest absolute Gasteiger partial charge is 0.472 e. The van der Waals surface area contributed by atoms with Gasteiger partial charge in [0.2, 0.25) is 0 Å². The predicted octanol–water partition coefficient (Wildman–Crippen LogP) is 19.0. The topological polar surface area (TPSA) is 237 Å². The summed E-state index contributed by atoms with van der Waals surface area (Å²) in [4.78, 5) is 72.3. The predicted molar refractivity (Wildman–Crippen MR) is 345 cm³/mol. The maximum atomic E-state index is 13.0. The van der Waals surface area contributed by atoms with Crippen molar-refractivity contribution in [3.05, 3.63) is 0 Å². The molecule has 0 saturated heterocycles. The number of carbonyl (C=O) groups is 4. The molecule has 0 aromatic heterocycles. The average Bonchev–Trinajstić information content (AvgIpc) is 3.68. The van der Waals surface area contributed by atoms with Crippen LogP contribution in [-0.4, -0.2) is 96.7 Å². The maximum absolute atomic E-state index is 13.0. The first-order valence-corrected chi connectivity index (χ1v) is 38.1. The van der Waals surface area contributed by atoms with Crippen LogP contribution in [0.15, 0.2) is 0 Å². The monoisotopic (exact) mass is 1270 g/mol. The summed E-state index contributed by atoms with van der Waals surface area (Å²) in [7, 11) is -9.89. The summed E-state index contributed by atoms with van der Waals surface area (Å²) in [5, 5.41) is 10.5. The molecule has 0 radical (unpaired) electrons. The first kappa shape index (κ1) is 84.1. The highest BCUT2D eigenvalue weighted by Crippen LogP contribution is 2.45. The molecule has 0 heterocycles. The summed E-state index contributed by atoms with van der Waals surface area (Å²) < 4.78 is 68.1. The van der Waals surface area contributed by atoms with E-state index in [2.05, 4.69) is 34.6 Å². The van der Waals surface area contributed by atoms with Crippen molar-refractivity contribution in [2.75, 3.05) is 39.6 Å². The third-order valence-electron chi connectivity index (χ3n) is 15.5. The fourth-order valence-electron chi connectivity index (χ4n) is 10.1. The van der Waals surface area contributed by atoms with E-state index in [1.165, 1.54) is 161 Å². The van der Waals surface area contributed by atoms with Gasteiger partial charge in [0.15, 0.2) is 12.2 Å². The number of hydrogen-bond acceptors (Lipinski definition) is 15. The third kappa shape index (κ3) is 60.9. The lowest BCUT2D eigenvalue weighted by molar-refractivity contribution is -0.161. The van der Waals surface area contributed by atoms with Crippen LogP contribution in [0.4, 0.5) is 0 Å². The Bertz CT molecular complexity index is 1670. The molecule has 0 aliphatic rings. The number of hydrogen-bond donors (Lipinski definition) is 3. The number of aliphatic hydroxyl groups excluding tert-OH is 1. The zero-order chi connectivity index (χ0) is 63.5. The van der Waals surface area contributed by atoms with Crippen LogP contribution < -0.4 is 0 Å². The molecule has 0 spiro atoms. The SMILES string of the molecule is CCCCCCCCCCCCCCCCCCCC(=O)O[C@H](COC(=O)CCCCCCCCCC(C)C)COP(=O)(O)OC[C@@H](O)COP(=O)(O)OC[C@@H](COC(=O)CCCCCCCCCCC)OC(=O)CCCCCCCCCCCC.